The van der Waals surface area contributed by atoms with Crippen LogP contribution in [0.3, 0.4) is 0 Å². The molecule has 2 aromatic rings. The molecule has 1 fully saturated rings. The topological polar surface area (TPSA) is 55.8 Å². The van der Waals surface area contributed by atoms with Gasteiger partial charge in [0.05, 0.1) is 0 Å². The first-order chi connectivity index (χ1) is 12.2. The number of nitrogens with zero attached hydrogens (tertiary/aromatic N) is 1. The van der Waals surface area contributed by atoms with Crippen molar-refractivity contribution in [2.75, 3.05) is 18.1 Å². The molecule has 0 aromatic heterocycles. The van der Waals surface area contributed by atoms with E-state index < -0.39 is 5.97 Å². The number of anilines is 1. The summed E-state index contributed by atoms with van der Waals surface area (Å²) in [6.07, 6.45) is 2.38. The summed E-state index contributed by atoms with van der Waals surface area (Å²) in [5, 5.41) is 0. The number of amides is 1. The Kier molecular flexibility index (Phi) is 5.33. The van der Waals surface area contributed by atoms with Crippen molar-refractivity contribution in [2.24, 2.45) is 0 Å². The number of esters is 1. The molecule has 0 aliphatic carbocycles. The molecule has 130 valence electrons. The summed E-state index contributed by atoms with van der Waals surface area (Å²) in [6, 6.07) is 14.6. The molecule has 25 heavy (non-hydrogen) atoms. The highest BCUT2D eigenvalue weighted by molar-refractivity contribution is 5.95. The third kappa shape index (κ3) is 4.38. The molecule has 1 aliphatic heterocycles. The van der Waals surface area contributed by atoms with Crippen molar-refractivity contribution in [3.63, 3.8) is 0 Å². The number of ether oxygens (including phenoxy) is 2. The van der Waals surface area contributed by atoms with Gasteiger partial charge in [-0.2, -0.15) is 0 Å². The second-order valence-corrected chi connectivity index (χ2v) is 5.91. The molecule has 2 aromatic carbocycles. The van der Waals surface area contributed by atoms with Crippen molar-refractivity contribution in [3.8, 4) is 11.5 Å². The molecule has 0 saturated carbocycles. The molecule has 0 unspecified atom stereocenters. The molecule has 0 radical (unpaired) electrons. The largest absolute Gasteiger partial charge is 0.482 e. The van der Waals surface area contributed by atoms with E-state index in [0.29, 0.717) is 17.9 Å². The maximum atomic E-state index is 11.9. The van der Waals surface area contributed by atoms with Crippen molar-refractivity contribution in [1.29, 1.82) is 0 Å². The summed E-state index contributed by atoms with van der Waals surface area (Å²) in [5.41, 5.74) is 1.98. The Morgan fingerprint density at radius 2 is 1.92 bits per heavy atom. The first kappa shape index (κ1) is 17.0. The lowest BCUT2D eigenvalue weighted by Gasteiger charge is -2.15. The van der Waals surface area contributed by atoms with Crippen LogP contribution in [0.15, 0.2) is 48.5 Å². The third-order valence-corrected chi connectivity index (χ3v) is 4.12. The lowest BCUT2D eigenvalue weighted by Crippen LogP contribution is -2.23. The van der Waals surface area contributed by atoms with E-state index in [2.05, 4.69) is 6.92 Å². The molecule has 0 spiro atoms. The summed E-state index contributed by atoms with van der Waals surface area (Å²) in [6.45, 7) is 2.65. The summed E-state index contributed by atoms with van der Waals surface area (Å²) in [5.74, 6) is 0.754. The molecule has 5 nitrogen and oxygen atoms in total. The summed E-state index contributed by atoms with van der Waals surface area (Å²) >= 11 is 0. The summed E-state index contributed by atoms with van der Waals surface area (Å²) in [7, 11) is 0. The molecule has 1 heterocycles. The van der Waals surface area contributed by atoms with Crippen molar-refractivity contribution in [3.05, 3.63) is 54.1 Å². The zero-order valence-corrected chi connectivity index (χ0v) is 14.2. The number of hydrogen-bond donors (Lipinski definition) is 0. The van der Waals surface area contributed by atoms with Crippen LogP contribution in [0.25, 0.3) is 0 Å². The first-order valence-corrected chi connectivity index (χ1v) is 8.48. The highest BCUT2D eigenvalue weighted by Crippen LogP contribution is 2.24. The van der Waals surface area contributed by atoms with Crippen molar-refractivity contribution in [2.45, 2.75) is 26.2 Å². The Hall–Kier alpha value is -2.82. The van der Waals surface area contributed by atoms with Crippen molar-refractivity contribution < 1.29 is 19.1 Å². The fraction of sp³-hybridized carbons (Fsp3) is 0.300. The quantitative estimate of drug-likeness (QED) is 0.598. The molecular weight excluding hydrogens is 318 g/mol. The number of carbonyl (C=O) groups is 2. The fourth-order valence-electron chi connectivity index (χ4n) is 2.77. The van der Waals surface area contributed by atoms with E-state index in [1.807, 2.05) is 24.3 Å². The van der Waals surface area contributed by atoms with Gasteiger partial charge < -0.3 is 14.4 Å². The summed E-state index contributed by atoms with van der Waals surface area (Å²) < 4.78 is 10.7. The van der Waals surface area contributed by atoms with Gasteiger partial charge in [0.25, 0.3) is 0 Å². The molecule has 3 rings (SSSR count). The van der Waals surface area contributed by atoms with Crippen LogP contribution in [-0.4, -0.2) is 25.0 Å². The van der Waals surface area contributed by atoms with E-state index in [1.165, 1.54) is 0 Å². The maximum Gasteiger partial charge on any atom is 0.349 e. The maximum absolute atomic E-state index is 11.9. The average Bonchev–Trinajstić information content (AvgIpc) is 3.07. The van der Waals surface area contributed by atoms with Crippen LogP contribution in [0.4, 0.5) is 5.69 Å². The Bertz CT molecular complexity index is 755. The fourth-order valence-corrected chi connectivity index (χ4v) is 2.77. The lowest BCUT2D eigenvalue weighted by molar-refractivity contribution is -0.136. The van der Waals surface area contributed by atoms with Crippen LogP contribution < -0.4 is 14.4 Å². The number of rotatable bonds is 6. The van der Waals surface area contributed by atoms with Crippen LogP contribution in [0.5, 0.6) is 11.5 Å². The van der Waals surface area contributed by atoms with E-state index in [1.54, 1.807) is 29.2 Å². The van der Waals surface area contributed by atoms with Crippen molar-refractivity contribution >= 4 is 17.6 Å². The SMILES string of the molecule is CCc1cccc(OCC(=O)Oc2ccc(N3CCCC3=O)cc2)c1. The van der Waals surface area contributed by atoms with Crippen LogP contribution >= 0.6 is 0 Å². The monoisotopic (exact) mass is 339 g/mol. The molecule has 0 N–H and O–H groups in total. The number of hydrogen-bond acceptors (Lipinski definition) is 4. The highest BCUT2D eigenvalue weighted by atomic mass is 16.6. The minimum atomic E-state index is -0.466. The number of carbonyl (C=O) groups excluding carboxylic acids is 2. The van der Waals surface area contributed by atoms with Gasteiger partial charge >= 0.3 is 5.97 Å². The molecule has 0 bridgehead atoms. The van der Waals surface area contributed by atoms with Crippen LogP contribution in [0.2, 0.25) is 0 Å². The number of benzene rings is 2. The highest BCUT2D eigenvalue weighted by Gasteiger charge is 2.21. The van der Waals surface area contributed by atoms with Gasteiger partial charge in [0.2, 0.25) is 5.91 Å². The zero-order valence-electron chi connectivity index (χ0n) is 14.2. The third-order valence-electron chi connectivity index (χ3n) is 4.12. The zero-order chi connectivity index (χ0) is 17.6. The Labute approximate surface area is 147 Å². The minimum Gasteiger partial charge on any atom is -0.482 e. The predicted octanol–water partition coefficient (Wildman–Crippen LogP) is 3.36. The van der Waals surface area contributed by atoms with Gasteiger partial charge in [-0.3, -0.25) is 4.79 Å². The Morgan fingerprint density at radius 3 is 2.60 bits per heavy atom. The second kappa shape index (κ2) is 7.83. The van der Waals surface area contributed by atoms with Crippen LogP contribution in [0, 0.1) is 0 Å². The molecule has 1 amide bonds. The van der Waals surface area contributed by atoms with Gasteiger partial charge in [-0.15, -0.1) is 0 Å². The van der Waals surface area contributed by atoms with Gasteiger partial charge in [0, 0.05) is 18.7 Å². The molecule has 1 saturated heterocycles. The van der Waals surface area contributed by atoms with E-state index in [9.17, 15) is 9.59 Å². The summed E-state index contributed by atoms with van der Waals surface area (Å²) in [4.78, 5) is 25.4. The van der Waals surface area contributed by atoms with Gasteiger partial charge in [-0.05, 0) is 54.8 Å². The minimum absolute atomic E-state index is 0.132. The van der Waals surface area contributed by atoms with Crippen LogP contribution in [-0.2, 0) is 16.0 Å². The smallest absolute Gasteiger partial charge is 0.349 e. The van der Waals surface area contributed by atoms with Gasteiger partial charge in [-0.1, -0.05) is 19.1 Å². The molecule has 1 aliphatic rings. The standard InChI is InChI=1S/C20H21NO4/c1-2-15-5-3-6-18(13-15)24-14-20(23)25-17-10-8-16(9-11-17)21-12-4-7-19(21)22/h3,5-6,8-11,13H,2,4,7,12,14H2,1H3. The molecule has 0 atom stereocenters. The van der Waals surface area contributed by atoms with Crippen molar-refractivity contribution in [1.82, 2.24) is 0 Å². The average molecular weight is 339 g/mol. The lowest BCUT2D eigenvalue weighted by atomic mass is 10.2. The number of aryl methyl sites for hydroxylation is 1. The normalized spacial score (nSPS) is 13.8. The first-order valence-electron chi connectivity index (χ1n) is 8.48. The predicted molar refractivity (Wildman–Crippen MR) is 95.0 cm³/mol. The van der Waals surface area contributed by atoms with Gasteiger partial charge in [0.1, 0.15) is 11.5 Å². The van der Waals surface area contributed by atoms with E-state index >= 15 is 0 Å². The van der Waals surface area contributed by atoms with E-state index in [0.717, 1.165) is 30.6 Å². The molecule has 5 heteroatoms. The van der Waals surface area contributed by atoms with E-state index in [-0.39, 0.29) is 12.5 Å². The Balaban J connectivity index is 1.53. The van der Waals surface area contributed by atoms with E-state index in [4.69, 9.17) is 9.47 Å². The van der Waals surface area contributed by atoms with Gasteiger partial charge in [-0.25, -0.2) is 4.79 Å². The van der Waals surface area contributed by atoms with Gasteiger partial charge in [0.15, 0.2) is 6.61 Å². The Morgan fingerprint density at radius 1 is 1.12 bits per heavy atom. The molecular formula is C20H21NO4. The van der Waals surface area contributed by atoms with Crippen LogP contribution in [0.1, 0.15) is 25.3 Å². The second-order valence-electron chi connectivity index (χ2n) is 5.91.